The Morgan fingerprint density at radius 2 is 1.68 bits per heavy atom. The predicted molar refractivity (Wildman–Crippen MR) is 125 cm³/mol. The standard InChI is InChI=1S/C26H27F2N3O3/c27-20-4-1-16-3-6-22(32)31-15-18(23(20)24(16)31)14-30-9-7-19(8-10-30)29-13-17-2-5-21(28)26-25(17)33-11-12-34-26/h1-6,18-19,29H,7-15H2/t18-/m1/s1. The van der Waals surface area contributed by atoms with Gasteiger partial charge < -0.3 is 24.3 Å². The van der Waals surface area contributed by atoms with Gasteiger partial charge in [-0.1, -0.05) is 6.07 Å². The highest BCUT2D eigenvalue weighted by molar-refractivity contribution is 5.84. The van der Waals surface area contributed by atoms with Gasteiger partial charge in [0.25, 0.3) is 5.56 Å². The first-order valence-corrected chi connectivity index (χ1v) is 11.9. The Labute approximate surface area is 196 Å². The minimum Gasteiger partial charge on any atom is -0.486 e. The molecule has 1 atom stereocenters. The van der Waals surface area contributed by atoms with Crippen LogP contribution < -0.4 is 20.3 Å². The summed E-state index contributed by atoms with van der Waals surface area (Å²) in [6, 6.07) is 10.1. The van der Waals surface area contributed by atoms with E-state index in [2.05, 4.69) is 10.2 Å². The van der Waals surface area contributed by atoms with E-state index in [0.717, 1.165) is 48.9 Å². The number of halogens is 2. The SMILES string of the molecule is O=c1ccc2ccc(F)c3c2n1C[C@H]3CN1CCC(NCc2ccc(F)c3c2OCCO3)CC1. The van der Waals surface area contributed by atoms with E-state index in [9.17, 15) is 13.6 Å². The number of hydrogen-bond acceptors (Lipinski definition) is 5. The van der Waals surface area contributed by atoms with E-state index in [1.807, 2.05) is 0 Å². The molecule has 2 aromatic carbocycles. The van der Waals surface area contributed by atoms with Gasteiger partial charge >= 0.3 is 0 Å². The van der Waals surface area contributed by atoms with Gasteiger partial charge in [0.05, 0.1) is 5.52 Å². The van der Waals surface area contributed by atoms with Crippen molar-refractivity contribution in [3.63, 3.8) is 0 Å². The second-order valence-corrected chi connectivity index (χ2v) is 9.40. The van der Waals surface area contributed by atoms with Crippen LogP contribution in [0, 0.1) is 11.6 Å². The molecule has 0 amide bonds. The van der Waals surface area contributed by atoms with E-state index >= 15 is 0 Å². The number of nitrogens with one attached hydrogen (secondary N) is 1. The van der Waals surface area contributed by atoms with Crippen LogP contribution in [0.3, 0.4) is 0 Å². The van der Waals surface area contributed by atoms with E-state index in [1.165, 1.54) is 12.1 Å². The van der Waals surface area contributed by atoms with Gasteiger partial charge in [-0.15, -0.1) is 0 Å². The highest BCUT2D eigenvalue weighted by atomic mass is 19.1. The topological polar surface area (TPSA) is 55.7 Å². The van der Waals surface area contributed by atoms with Crippen molar-refractivity contribution < 1.29 is 18.3 Å². The first-order chi connectivity index (χ1) is 16.6. The van der Waals surface area contributed by atoms with Gasteiger partial charge in [0.15, 0.2) is 17.3 Å². The van der Waals surface area contributed by atoms with Crippen molar-refractivity contribution in [3.05, 3.63) is 69.5 Å². The summed E-state index contributed by atoms with van der Waals surface area (Å²) in [5, 5.41) is 4.49. The Hall–Kier alpha value is -2.97. The second-order valence-electron chi connectivity index (χ2n) is 9.40. The number of aromatic nitrogens is 1. The van der Waals surface area contributed by atoms with Crippen molar-refractivity contribution in [2.24, 2.45) is 0 Å². The van der Waals surface area contributed by atoms with Crippen molar-refractivity contribution in [2.45, 2.75) is 37.9 Å². The molecule has 3 aromatic rings. The average Bonchev–Trinajstić information content (AvgIpc) is 3.25. The maximum atomic E-state index is 14.8. The Bertz CT molecular complexity index is 1300. The van der Waals surface area contributed by atoms with Crippen LogP contribution in [0.4, 0.5) is 8.78 Å². The average molecular weight is 468 g/mol. The Balaban J connectivity index is 1.08. The van der Waals surface area contributed by atoms with Crippen molar-refractivity contribution in [2.75, 3.05) is 32.8 Å². The van der Waals surface area contributed by atoms with E-state index < -0.39 is 5.82 Å². The molecule has 178 valence electrons. The van der Waals surface area contributed by atoms with E-state index in [-0.39, 0.29) is 23.0 Å². The first-order valence-electron chi connectivity index (χ1n) is 11.9. The third kappa shape index (κ3) is 3.75. The molecule has 1 aromatic heterocycles. The summed E-state index contributed by atoms with van der Waals surface area (Å²) in [5.74, 6) is 0.0730. The number of piperidine rings is 1. The van der Waals surface area contributed by atoms with Crippen molar-refractivity contribution >= 4 is 10.9 Å². The van der Waals surface area contributed by atoms with Crippen LogP contribution in [0.25, 0.3) is 10.9 Å². The van der Waals surface area contributed by atoms with Gasteiger partial charge in [-0.25, -0.2) is 8.78 Å². The molecule has 1 fully saturated rings. The molecular weight excluding hydrogens is 440 g/mol. The van der Waals surface area contributed by atoms with Gasteiger partial charge in [-0.3, -0.25) is 4.79 Å². The van der Waals surface area contributed by atoms with Crippen molar-refractivity contribution in [3.8, 4) is 11.5 Å². The maximum Gasteiger partial charge on any atom is 0.251 e. The third-order valence-corrected chi connectivity index (χ3v) is 7.32. The lowest BCUT2D eigenvalue weighted by Gasteiger charge is -2.34. The number of rotatable bonds is 5. The number of nitrogens with zero attached hydrogens (tertiary/aromatic N) is 2. The normalized spacial score (nSPS) is 20.2. The smallest absolute Gasteiger partial charge is 0.251 e. The molecule has 6 nitrogen and oxygen atoms in total. The van der Waals surface area contributed by atoms with E-state index in [0.29, 0.717) is 43.7 Å². The van der Waals surface area contributed by atoms with Crippen LogP contribution in [0.15, 0.2) is 41.2 Å². The van der Waals surface area contributed by atoms with Crippen LogP contribution in [-0.2, 0) is 13.1 Å². The van der Waals surface area contributed by atoms with Crippen LogP contribution in [0.5, 0.6) is 11.5 Å². The molecule has 6 rings (SSSR count). The summed E-state index contributed by atoms with van der Waals surface area (Å²) in [7, 11) is 0. The summed E-state index contributed by atoms with van der Waals surface area (Å²) in [6.45, 7) is 4.44. The van der Waals surface area contributed by atoms with Crippen LogP contribution in [-0.4, -0.2) is 48.4 Å². The minimum atomic E-state index is -0.393. The van der Waals surface area contributed by atoms with Crippen LogP contribution >= 0.6 is 0 Å². The van der Waals surface area contributed by atoms with Crippen molar-refractivity contribution in [1.82, 2.24) is 14.8 Å². The molecule has 1 N–H and O–H groups in total. The van der Waals surface area contributed by atoms with Gasteiger partial charge in [-0.05, 0) is 55.6 Å². The molecular formula is C26H27F2N3O3. The molecule has 0 aliphatic carbocycles. The highest BCUT2D eigenvalue weighted by Crippen LogP contribution is 2.37. The fourth-order valence-electron chi connectivity index (χ4n) is 5.61. The molecule has 1 saturated heterocycles. The zero-order valence-electron chi connectivity index (χ0n) is 18.9. The number of fused-ring (bicyclic) bond motifs is 1. The summed E-state index contributed by atoms with van der Waals surface area (Å²) in [4.78, 5) is 14.7. The maximum absolute atomic E-state index is 14.8. The fourth-order valence-corrected chi connectivity index (χ4v) is 5.61. The number of likely N-dealkylation sites (tertiary alicyclic amines) is 1. The molecule has 0 saturated carbocycles. The predicted octanol–water partition coefficient (Wildman–Crippen LogP) is 3.40. The second kappa shape index (κ2) is 8.67. The molecule has 4 heterocycles. The highest BCUT2D eigenvalue weighted by Gasteiger charge is 2.31. The molecule has 0 spiro atoms. The van der Waals surface area contributed by atoms with E-state index in [1.54, 1.807) is 28.8 Å². The van der Waals surface area contributed by atoms with Gasteiger partial charge in [0, 0.05) is 48.8 Å². The quantitative estimate of drug-likeness (QED) is 0.624. The molecule has 3 aliphatic heterocycles. The van der Waals surface area contributed by atoms with Crippen LogP contribution in [0.1, 0.15) is 29.9 Å². The lowest BCUT2D eigenvalue weighted by molar-refractivity contribution is 0.161. The minimum absolute atomic E-state index is 0.0220. The van der Waals surface area contributed by atoms with Crippen molar-refractivity contribution in [1.29, 1.82) is 0 Å². The summed E-state index contributed by atoms with van der Waals surface area (Å²) < 4.78 is 41.6. The Morgan fingerprint density at radius 1 is 0.941 bits per heavy atom. The number of ether oxygens (including phenoxy) is 2. The van der Waals surface area contributed by atoms with Gasteiger partial charge in [0.1, 0.15) is 19.0 Å². The van der Waals surface area contributed by atoms with Crippen LogP contribution in [0.2, 0.25) is 0 Å². The van der Waals surface area contributed by atoms with E-state index in [4.69, 9.17) is 9.47 Å². The fraction of sp³-hybridized carbons (Fsp3) is 0.423. The zero-order valence-corrected chi connectivity index (χ0v) is 18.9. The van der Waals surface area contributed by atoms with Gasteiger partial charge in [0.2, 0.25) is 0 Å². The zero-order chi connectivity index (χ0) is 23.2. The Morgan fingerprint density at radius 3 is 2.50 bits per heavy atom. The van der Waals surface area contributed by atoms with Gasteiger partial charge in [-0.2, -0.15) is 0 Å². The summed E-state index contributed by atoms with van der Waals surface area (Å²) in [6.07, 6.45) is 1.93. The lowest BCUT2D eigenvalue weighted by Crippen LogP contribution is -2.43. The molecule has 3 aliphatic rings. The largest absolute Gasteiger partial charge is 0.486 e. The number of benzene rings is 2. The number of hydrogen-bond donors (Lipinski definition) is 1. The number of pyridine rings is 1. The summed E-state index contributed by atoms with van der Waals surface area (Å²) in [5.41, 5.74) is 2.26. The summed E-state index contributed by atoms with van der Waals surface area (Å²) >= 11 is 0. The third-order valence-electron chi connectivity index (χ3n) is 7.32. The molecule has 34 heavy (non-hydrogen) atoms. The Kier molecular flexibility index (Phi) is 5.50. The molecule has 0 radical (unpaired) electrons. The molecule has 8 heteroatoms. The first kappa shape index (κ1) is 21.6. The molecule has 0 bridgehead atoms. The lowest BCUT2D eigenvalue weighted by atomic mass is 9.96. The monoisotopic (exact) mass is 467 g/mol. The molecule has 0 unspecified atom stereocenters.